The van der Waals surface area contributed by atoms with Crippen molar-refractivity contribution in [1.29, 1.82) is 0 Å². The quantitative estimate of drug-likeness (QED) is 0.764. The molecule has 0 aliphatic heterocycles. The third kappa shape index (κ3) is 1.97. The summed E-state index contributed by atoms with van der Waals surface area (Å²) in [7, 11) is 0. The van der Waals surface area contributed by atoms with E-state index in [1.165, 1.54) is 0 Å². The Balaban J connectivity index is 2.54. The van der Waals surface area contributed by atoms with Gasteiger partial charge < -0.3 is 4.52 Å². The average Bonchev–Trinajstić information content (AvgIpc) is 2.61. The second-order valence-electron chi connectivity index (χ2n) is 3.49. The highest BCUT2D eigenvalue weighted by Crippen LogP contribution is 2.34. The number of aryl methyl sites for hydroxylation is 1. The van der Waals surface area contributed by atoms with Gasteiger partial charge in [0.2, 0.25) is 0 Å². The SMILES string of the molecule is Cc1noc(-c2ccccc2)c1C(C)Br. The van der Waals surface area contributed by atoms with Gasteiger partial charge >= 0.3 is 0 Å². The van der Waals surface area contributed by atoms with Crippen molar-refractivity contribution in [2.75, 3.05) is 0 Å². The normalized spacial score (nSPS) is 12.7. The lowest BCUT2D eigenvalue weighted by Crippen LogP contribution is -1.88. The molecule has 0 bridgehead atoms. The molecular weight excluding hydrogens is 254 g/mol. The molecule has 0 radical (unpaired) electrons. The van der Waals surface area contributed by atoms with Crippen LogP contribution in [-0.4, -0.2) is 5.16 Å². The number of halogens is 1. The number of hydrogen-bond donors (Lipinski definition) is 0. The smallest absolute Gasteiger partial charge is 0.171 e. The Bertz CT molecular complexity index is 448. The monoisotopic (exact) mass is 265 g/mol. The number of aromatic nitrogens is 1. The van der Waals surface area contributed by atoms with Gasteiger partial charge in [0.1, 0.15) is 0 Å². The molecule has 0 saturated carbocycles. The van der Waals surface area contributed by atoms with Gasteiger partial charge in [-0.15, -0.1) is 0 Å². The number of nitrogens with zero attached hydrogens (tertiary/aromatic N) is 1. The van der Waals surface area contributed by atoms with Crippen LogP contribution in [0.3, 0.4) is 0 Å². The molecule has 1 unspecified atom stereocenters. The minimum absolute atomic E-state index is 0.249. The first-order valence-corrected chi connectivity index (χ1v) is 5.77. The third-order valence-electron chi connectivity index (χ3n) is 2.34. The number of alkyl halides is 1. The molecule has 1 heterocycles. The number of hydrogen-bond acceptors (Lipinski definition) is 2. The van der Waals surface area contributed by atoms with Crippen LogP contribution in [0.4, 0.5) is 0 Å². The van der Waals surface area contributed by atoms with Crippen LogP contribution in [0.5, 0.6) is 0 Å². The Morgan fingerprint density at radius 1 is 1.27 bits per heavy atom. The molecule has 0 aliphatic rings. The second kappa shape index (κ2) is 4.19. The Morgan fingerprint density at radius 2 is 1.93 bits per heavy atom. The van der Waals surface area contributed by atoms with E-state index >= 15 is 0 Å². The lowest BCUT2D eigenvalue weighted by molar-refractivity contribution is 0.426. The van der Waals surface area contributed by atoms with E-state index in [0.29, 0.717) is 0 Å². The molecule has 0 aliphatic carbocycles. The summed E-state index contributed by atoms with van der Waals surface area (Å²) < 4.78 is 5.36. The fourth-order valence-corrected chi connectivity index (χ4v) is 2.18. The van der Waals surface area contributed by atoms with Crippen molar-refractivity contribution in [3.8, 4) is 11.3 Å². The van der Waals surface area contributed by atoms with Crippen molar-refractivity contribution in [2.24, 2.45) is 0 Å². The van der Waals surface area contributed by atoms with Crippen LogP contribution < -0.4 is 0 Å². The van der Waals surface area contributed by atoms with Crippen LogP contribution in [0.15, 0.2) is 34.9 Å². The van der Waals surface area contributed by atoms with Crippen molar-refractivity contribution in [1.82, 2.24) is 5.16 Å². The lowest BCUT2D eigenvalue weighted by atomic mass is 10.1. The topological polar surface area (TPSA) is 26.0 Å². The summed E-state index contributed by atoms with van der Waals surface area (Å²) in [5.41, 5.74) is 3.14. The molecule has 78 valence electrons. The first kappa shape index (κ1) is 10.4. The molecule has 0 spiro atoms. The fraction of sp³-hybridized carbons (Fsp3) is 0.250. The highest BCUT2D eigenvalue weighted by atomic mass is 79.9. The number of benzene rings is 1. The maximum atomic E-state index is 5.36. The van der Waals surface area contributed by atoms with E-state index in [9.17, 15) is 0 Å². The van der Waals surface area contributed by atoms with Crippen LogP contribution in [0.2, 0.25) is 0 Å². The van der Waals surface area contributed by atoms with E-state index in [2.05, 4.69) is 28.0 Å². The molecule has 0 N–H and O–H groups in total. The fourth-order valence-electron chi connectivity index (χ4n) is 1.64. The van der Waals surface area contributed by atoms with Crippen LogP contribution in [0, 0.1) is 6.92 Å². The Kier molecular flexibility index (Phi) is 2.91. The first-order chi connectivity index (χ1) is 7.20. The Hall–Kier alpha value is -1.09. The van der Waals surface area contributed by atoms with Gasteiger partial charge in [0, 0.05) is 16.0 Å². The molecule has 15 heavy (non-hydrogen) atoms. The molecule has 1 aromatic carbocycles. The zero-order chi connectivity index (χ0) is 10.8. The summed E-state index contributed by atoms with van der Waals surface area (Å²) in [5.74, 6) is 0.859. The van der Waals surface area contributed by atoms with E-state index in [-0.39, 0.29) is 4.83 Å². The first-order valence-electron chi connectivity index (χ1n) is 4.86. The summed E-state index contributed by atoms with van der Waals surface area (Å²) in [6, 6.07) is 10.0. The average molecular weight is 266 g/mol. The molecule has 0 fully saturated rings. The molecule has 0 amide bonds. The van der Waals surface area contributed by atoms with Crippen LogP contribution in [-0.2, 0) is 0 Å². The van der Waals surface area contributed by atoms with Gasteiger partial charge in [-0.3, -0.25) is 0 Å². The van der Waals surface area contributed by atoms with Crippen LogP contribution in [0.25, 0.3) is 11.3 Å². The van der Waals surface area contributed by atoms with Crippen LogP contribution in [0.1, 0.15) is 23.0 Å². The standard InChI is InChI=1S/C12H12BrNO/c1-8(13)11-9(2)14-15-12(11)10-6-4-3-5-7-10/h3-8H,1-2H3. The zero-order valence-corrected chi connectivity index (χ0v) is 10.3. The summed E-state index contributed by atoms with van der Waals surface area (Å²) in [6.07, 6.45) is 0. The molecule has 3 heteroatoms. The van der Waals surface area contributed by atoms with Crippen molar-refractivity contribution >= 4 is 15.9 Å². The highest BCUT2D eigenvalue weighted by molar-refractivity contribution is 9.09. The second-order valence-corrected chi connectivity index (χ2v) is 4.87. The van der Waals surface area contributed by atoms with E-state index in [1.807, 2.05) is 37.3 Å². The number of rotatable bonds is 2. The summed E-state index contributed by atoms with van der Waals surface area (Å²) in [5, 5.41) is 4.01. The van der Waals surface area contributed by atoms with E-state index < -0.39 is 0 Å². The summed E-state index contributed by atoms with van der Waals surface area (Å²) in [4.78, 5) is 0.249. The maximum absolute atomic E-state index is 5.36. The van der Waals surface area contributed by atoms with E-state index in [0.717, 1.165) is 22.6 Å². The Morgan fingerprint density at radius 3 is 2.53 bits per heavy atom. The molecule has 2 nitrogen and oxygen atoms in total. The predicted octanol–water partition coefficient (Wildman–Crippen LogP) is 4.11. The zero-order valence-electron chi connectivity index (χ0n) is 8.70. The van der Waals surface area contributed by atoms with Gasteiger partial charge in [-0.05, 0) is 13.8 Å². The largest absolute Gasteiger partial charge is 0.356 e. The minimum Gasteiger partial charge on any atom is -0.356 e. The highest BCUT2D eigenvalue weighted by Gasteiger charge is 2.18. The van der Waals surface area contributed by atoms with Crippen molar-refractivity contribution in [3.05, 3.63) is 41.6 Å². The summed E-state index contributed by atoms with van der Waals surface area (Å²) >= 11 is 3.56. The van der Waals surface area contributed by atoms with E-state index in [1.54, 1.807) is 0 Å². The molecular formula is C12H12BrNO. The molecule has 1 atom stereocenters. The van der Waals surface area contributed by atoms with E-state index in [4.69, 9.17) is 4.52 Å². The van der Waals surface area contributed by atoms with Gasteiger partial charge in [-0.25, -0.2) is 0 Å². The van der Waals surface area contributed by atoms with Gasteiger partial charge in [0.15, 0.2) is 5.76 Å². The van der Waals surface area contributed by atoms with Crippen LogP contribution >= 0.6 is 15.9 Å². The van der Waals surface area contributed by atoms with Gasteiger partial charge in [-0.2, -0.15) is 0 Å². The minimum atomic E-state index is 0.249. The van der Waals surface area contributed by atoms with Gasteiger partial charge in [0.25, 0.3) is 0 Å². The lowest BCUT2D eigenvalue weighted by Gasteiger charge is -2.03. The molecule has 2 aromatic rings. The predicted molar refractivity (Wildman–Crippen MR) is 64.0 cm³/mol. The Labute approximate surface area is 97.4 Å². The van der Waals surface area contributed by atoms with Crippen molar-refractivity contribution in [2.45, 2.75) is 18.7 Å². The summed E-state index contributed by atoms with van der Waals surface area (Å²) in [6.45, 7) is 4.04. The molecule has 0 saturated heterocycles. The third-order valence-corrected chi connectivity index (χ3v) is 2.80. The van der Waals surface area contributed by atoms with Gasteiger partial charge in [0.05, 0.1) is 5.69 Å². The van der Waals surface area contributed by atoms with Crippen molar-refractivity contribution < 1.29 is 4.52 Å². The van der Waals surface area contributed by atoms with Crippen molar-refractivity contribution in [3.63, 3.8) is 0 Å². The molecule has 1 aromatic heterocycles. The molecule has 2 rings (SSSR count). The maximum Gasteiger partial charge on any atom is 0.171 e. The van der Waals surface area contributed by atoms with Gasteiger partial charge in [-0.1, -0.05) is 51.4 Å².